The molecule has 2 saturated heterocycles. The molecular weight excluding hydrogens is 356 g/mol. The zero-order chi connectivity index (χ0) is 19.3. The molecule has 2 unspecified atom stereocenters. The fourth-order valence-electron chi connectivity index (χ4n) is 4.04. The van der Waals surface area contributed by atoms with E-state index in [-0.39, 0.29) is 19.0 Å². The number of benzene rings is 2. The van der Waals surface area contributed by atoms with Crippen molar-refractivity contribution >= 4 is 5.78 Å². The molecule has 2 aliphatic rings. The third-order valence-electron chi connectivity index (χ3n) is 5.38. The highest BCUT2D eigenvalue weighted by atomic mass is 16.6. The van der Waals surface area contributed by atoms with Gasteiger partial charge in [0.05, 0.1) is 39.6 Å². The van der Waals surface area contributed by atoms with Crippen molar-refractivity contribution in [1.82, 2.24) is 0 Å². The molecule has 0 N–H and O–H groups in total. The number of carbonyl (C=O) groups excluding carboxylic acids is 1. The van der Waals surface area contributed by atoms with Crippen LogP contribution in [0.25, 0.3) is 0 Å². The molecule has 0 bridgehead atoms. The first kappa shape index (κ1) is 19.3. The molecule has 0 amide bonds. The van der Waals surface area contributed by atoms with Gasteiger partial charge in [-0.05, 0) is 11.1 Å². The predicted molar refractivity (Wildman–Crippen MR) is 104 cm³/mol. The first-order valence-corrected chi connectivity index (χ1v) is 9.79. The molecule has 0 spiro atoms. The summed E-state index contributed by atoms with van der Waals surface area (Å²) in [6.07, 6.45) is 0.902. The standard InChI is InChI=1S/C23H26O5/c24-21(22(17-25-11-13-27-22)15-19-7-3-1-4-8-19)23(18-26-12-14-28-23)16-20-9-5-2-6-10-20/h1-10H,11-18H2. The summed E-state index contributed by atoms with van der Waals surface area (Å²) in [6, 6.07) is 19.8. The van der Waals surface area contributed by atoms with Gasteiger partial charge in [0.1, 0.15) is 0 Å². The molecule has 5 heteroatoms. The van der Waals surface area contributed by atoms with Gasteiger partial charge in [-0.3, -0.25) is 4.79 Å². The number of ether oxygens (including phenoxy) is 4. The van der Waals surface area contributed by atoms with Crippen LogP contribution in [0, 0.1) is 0 Å². The third-order valence-corrected chi connectivity index (χ3v) is 5.38. The predicted octanol–water partition coefficient (Wildman–Crippen LogP) is 2.61. The molecule has 148 valence electrons. The number of ketones is 1. The van der Waals surface area contributed by atoms with E-state index in [9.17, 15) is 4.79 Å². The van der Waals surface area contributed by atoms with E-state index in [0.29, 0.717) is 39.3 Å². The van der Waals surface area contributed by atoms with Crippen LogP contribution in [0.2, 0.25) is 0 Å². The van der Waals surface area contributed by atoms with Crippen molar-refractivity contribution in [2.75, 3.05) is 39.6 Å². The Labute approximate surface area is 165 Å². The molecule has 0 saturated carbocycles. The fourth-order valence-corrected chi connectivity index (χ4v) is 4.04. The minimum absolute atomic E-state index is 0.0906. The van der Waals surface area contributed by atoms with E-state index in [0.717, 1.165) is 11.1 Å². The second-order valence-electron chi connectivity index (χ2n) is 7.44. The Hall–Kier alpha value is -2.05. The van der Waals surface area contributed by atoms with E-state index in [4.69, 9.17) is 18.9 Å². The van der Waals surface area contributed by atoms with E-state index in [1.165, 1.54) is 0 Å². The molecule has 5 nitrogen and oxygen atoms in total. The molecular formula is C23H26O5. The van der Waals surface area contributed by atoms with Crippen molar-refractivity contribution < 1.29 is 23.7 Å². The maximum Gasteiger partial charge on any atom is 0.201 e. The van der Waals surface area contributed by atoms with E-state index in [1.54, 1.807) is 0 Å². The molecule has 2 heterocycles. The quantitative estimate of drug-likeness (QED) is 0.769. The van der Waals surface area contributed by atoms with E-state index >= 15 is 0 Å². The lowest BCUT2D eigenvalue weighted by Gasteiger charge is -2.44. The summed E-state index contributed by atoms with van der Waals surface area (Å²) in [5.74, 6) is -0.0906. The van der Waals surface area contributed by atoms with Crippen LogP contribution in [0.5, 0.6) is 0 Å². The van der Waals surface area contributed by atoms with Gasteiger partial charge in [0.15, 0.2) is 11.2 Å². The van der Waals surface area contributed by atoms with Gasteiger partial charge < -0.3 is 18.9 Å². The van der Waals surface area contributed by atoms with Crippen molar-refractivity contribution in [3.63, 3.8) is 0 Å². The Morgan fingerprint density at radius 1 is 0.679 bits per heavy atom. The second-order valence-corrected chi connectivity index (χ2v) is 7.44. The van der Waals surface area contributed by atoms with E-state index in [2.05, 4.69) is 0 Å². The Kier molecular flexibility index (Phi) is 5.87. The molecule has 2 aromatic rings. The van der Waals surface area contributed by atoms with Crippen molar-refractivity contribution in [3.8, 4) is 0 Å². The van der Waals surface area contributed by atoms with Gasteiger partial charge in [0.25, 0.3) is 0 Å². The summed E-state index contributed by atoms with van der Waals surface area (Å²) in [7, 11) is 0. The number of rotatable bonds is 6. The summed E-state index contributed by atoms with van der Waals surface area (Å²) in [5.41, 5.74) is -0.0784. The largest absolute Gasteiger partial charge is 0.376 e. The van der Waals surface area contributed by atoms with Crippen molar-refractivity contribution in [3.05, 3.63) is 71.8 Å². The highest BCUT2D eigenvalue weighted by molar-refractivity contribution is 5.96. The van der Waals surface area contributed by atoms with Gasteiger partial charge in [-0.25, -0.2) is 0 Å². The summed E-state index contributed by atoms with van der Waals surface area (Å²) >= 11 is 0. The summed E-state index contributed by atoms with van der Waals surface area (Å²) in [5, 5.41) is 0. The highest BCUT2D eigenvalue weighted by Crippen LogP contribution is 2.33. The lowest BCUT2D eigenvalue weighted by molar-refractivity contribution is -0.212. The molecule has 2 atom stereocenters. The number of hydrogen-bond donors (Lipinski definition) is 0. The van der Waals surface area contributed by atoms with Crippen molar-refractivity contribution in [1.29, 1.82) is 0 Å². The van der Waals surface area contributed by atoms with Gasteiger partial charge in [0, 0.05) is 12.8 Å². The number of carbonyl (C=O) groups is 1. The summed E-state index contributed by atoms with van der Waals surface area (Å²) in [4.78, 5) is 14.0. The normalized spacial score (nSPS) is 28.0. The average molecular weight is 382 g/mol. The summed E-state index contributed by atoms with van der Waals surface area (Å²) < 4.78 is 23.7. The molecule has 0 aromatic heterocycles. The van der Waals surface area contributed by atoms with Gasteiger partial charge in [-0.2, -0.15) is 0 Å². The Balaban J connectivity index is 1.67. The second kappa shape index (κ2) is 8.53. The SMILES string of the molecule is O=C(C1(Cc2ccccc2)COCCO1)C1(Cc2ccccc2)COCCO1. The minimum Gasteiger partial charge on any atom is -0.376 e. The van der Waals surface area contributed by atoms with Crippen molar-refractivity contribution in [2.24, 2.45) is 0 Å². The zero-order valence-corrected chi connectivity index (χ0v) is 16.0. The van der Waals surface area contributed by atoms with Crippen LogP contribution in [-0.4, -0.2) is 56.6 Å². The van der Waals surface area contributed by atoms with Crippen LogP contribution < -0.4 is 0 Å². The smallest absolute Gasteiger partial charge is 0.201 e. The molecule has 28 heavy (non-hydrogen) atoms. The lowest BCUT2D eigenvalue weighted by atomic mass is 9.78. The van der Waals surface area contributed by atoms with Crippen molar-refractivity contribution in [2.45, 2.75) is 24.0 Å². The molecule has 0 radical (unpaired) electrons. The Bertz CT molecular complexity index is 697. The lowest BCUT2D eigenvalue weighted by Crippen LogP contribution is -2.64. The molecule has 0 aliphatic carbocycles. The zero-order valence-electron chi connectivity index (χ0n) is 16.0. The first-order valence-electron chi connectivity index (χ1n) is 9.79. The van der Waals surface area contributed by atoms with Crippen LogP contribution in [0.1, 0.15) is 11.1 Å². The molecule has 2 aliphatic heterocycles. The Morgan fingerprint density at radius 3 is 1.46 bits per heavy atom. The first-order chi connectivity index (χ1) is 13.7. The topological polar surface area (TPSA) is 54.0 Å². The highest BCUT2D eigenvalue weighted by Gasteiger charge is 2.54. The van der Waals surface area contributed by atoms with Gasteiger partial charge in [-0.15, -0.1) is 0 Å². The van der Waals surface area contributed by atoms with Gasteiger partial charge >= 0.3 is 0 Å². The molecule has 2 fully saturated rings. The van der Waals surface area contributed by atoms with E-state index < -0.39 is 11.2 Å². The van der Waals surface area contributed by atoms with Crippen LogP contribution in [-0.2, 0) is 36.6 Å². The maximum absolute atomic E-state index is 14.0. The van der Waals surface area contributed by atoms with Crippen LogP contribution in [0.3, 0.4) is 0 Å². The van der Waals surface area contributed by atoms with Crippen LogP contribution in [0.4, 0.5) is 0 Å². The number of Topliss-reactive ketones (excluding diaryl/α,β-unsaturated/α-hetero) is 1. The summed E-state index contributed by atoms with van der Waals surface area (Å²) in [6.45, 7) is 2.21. The Morgan fingerprint density at radius 2 is 1.11 bits per heavy atom. The molecule has 2 aromatic carbocycles. The van der Waals surface area contributed by atoms with Crippen LogP contribution in [0.15, 0.2) is 60.7 Å². The van der Waals surface area contributed by atoms with Crippen LogP contribution >= 0.6 is 0 Å². The third kappa shape index (κ3) is 4.03. The maximum atomic E-state index is 14.0. The van der Waals surface area contributed by atoms with Gasteiger partial charge in [0.2, 0.25) is 5.78 Å². The number of hydrogen-bond acceptors (Lipinski definition) is 5. The average Bonchev–Trinajstić information content (AvgIpc) is 2.76. The van der Waals surface area contributed by atoms with Gasteiger partial charge in [-0.1, -0.05) is 60.7 Å². The molecule has 4 rings (SSSR count). The minimum atomic E-state index is -1.07. The fraction of sp³-hybridized carbons (Fsp3) is 0.435. The monoisotopic (exact) mass is 382 g/mol. The van der Waals surface area contributed by atoms with E-state index in [1.807, 2.05) is 60.7 Å².